The maximum atomic E-state index is 5.52. The molecule has 2 heterocycles. The molecule has 0 fully saturated rings. The van der Waals surface area contributed by atoms with Crippen molar-refractivity contribution >= 4 is 40.7 Å². The Bertz CT molecular complexity index is 2790. The number of benzene rings is 8. The third-order valence-corrected chi connectivity index (χ3v) is 13.6. The normalized spacial score (nSPS) is 13.3. The van der Waals surface area contributed by atoms with Crippen molar-refractivity contribution < 1.29 is 0 Å². The quantitative estimate of drug-likeness (QED) is 0.134. The molecular formula is C49H34N2Si. The highest BCUT2D eigenvalue weighted by Crippen LogP contribution is 2.39. The summed E-state index contributed by atoms with van der Waals surface area (Å²) in [7, 11) is -1.67. The maximum Gasteiger partial charge on any atom is 0.160 e. The van der Waals surface area contributed by atoms with E-state index in [0.717, 1.165) is 33.9 Å². The number of hydrogen-bond donors (Lipinski definition) is 0. The topological polar surface area (TPSA) is 25.8 Å². The highest BCUT2D eigenvalue weighted by Gasteiger charge is 2.35. The smallest absolute Gasteiger partial charge is 0.160 e. The van der Waals surface area contributed by atoms with E-state index >= 15 is 0 Å². The second-order valence-electron chi connectivity index (χ2n) is 13.7. The van der Waals surface area contributed by atoms with Gasteiger partial charge in [0.05, 0.1) is 11.4 Å². The Balaban J connectivity index is 1.11. The highest BCUT2D eigenvalue weighted by molar-refractivity contribution is 6.91. The molecule has 1 unspecified atom stereocenters. The van der Waals surface area contributed by atoms with Gasteiger partial charge in [-0.05, 0) is 77.4 Å². The minimum atomic E-state index is -1.67. The van der Waals surface area contributed by atoms with Crippen LogP contribution in [-0.2, 0) is 0 Å². The summed E-state index contributed by atoms with van der Waals surface area (Å²) in [5.41, 5.74) is 12.8. The Kier molecular flexibility index (Phi) is 7.26. The van der Waals surface area contributed by atoms with E-state index in [1.54, 1.807) is 0 Å². The van der Waals surface area contributed by atoms with Crippen LogP contribution in [0.15, 0.2) is 182 Å². The minimum absolute atomic E-state index is 0.762. The second kappa shape index (κ2) is 12.4. The van der Waals surface area contributed by atoms with Crippen LogP contribution < -0.4 is 10.4 Å². The van der Waals surface area contributed by atoms with Crippen LogP contribution in [0.2, 0.25) is 6.55 Å². The number of nitrogens with zero attached hydrogens (tertiary/aromatic N) is 2. The van der Waals surface area contributed by atoms with Crippen molar-refractivity contribution in [1.82, 2.24) is 9.97 Å². The molecule has 1 aliphatic rings. The summed E-state index contributed by atoms with van der Waals surface area (Å²) in [6.07, 6.45) is 0. The number of hydrogen-bond acceptors (Lipinski definition) is 2. The summed E-state index contributed by atoms with van der Waals surface area (Å²) in [6.45, 7) is 2.46. The number of aromatic nitrogens is 2. The first-order valence-electron chi connectivity index (χ1n) is 18.0. The molecule has 244 valence electrons. The van der Waals surface area contributed by atoms with Crippen LogP contribution in [0.4, 0.5) is 0 Å². The van der Waals surface area contributed by atoms with E-state index in [0.29, 0.717) is 0 Å². The fraction of sp³-hybridized carbons (Fsp3) is 0.0204. The van der Waals surface area contributed by atoms with Gasteiger partial charge in [0.15, 0.2) is 5.82 Å². The van der Waals surface area contributed by atoms with E-state index in [1.807, 2.05) is 0 Å². The van der Waals surface area contributed by atoms with Crippen molar-refractivity contribution in [3.63, 3.8) is 0 Å². The zero-order valence-electron chi connectivity index (χ0n) is 28.8. The molecule has 0 bridgehead atoms. The standard InChI is InChI=1S/C49H34N2Si/c1-52-47-43-25-11-9-23-41(43)40-22-8-10-24-42(40)44(47)46-48(52)45(35-16-6-3-7-17-35)50-49(51-46)39-21-13-20-38(31-39)37-19-12-18-36(30-37)34-28-26-33(27-29-34)32-14-4-2-5-15-32/h2-31,52H,1H3. The molecule has 52 heavy (non-hydrogen) atoms. The second-order valence-corrected chi connectivity index (χ2v) is 16.3. The monoisotopic (exact) mass is 678 g/mol. The third-order valence-electron chi connectivity index (χ3n) is 10.7. The minimum Gasteiger partial charge on any atom is -0.228 e. The van der Waals surface area contributed by atoms with Gasteiger partial charge < -0.3 is 0 Å². The van der Waals surface area contributed by atoms with Crippen LogP contribution >= 0.6 is 0 Å². The molecule has 0 saturated heterocycles. The van der Waals surface area contributed by atoms with E-state index in [-0.39, 0.29) is 0 Å². The zero-order valence-corrected chi connectivity index (χ0v) is 29.9. The lowest BCUT2D eigenvalue weighted by atomic mass is 9.94. The molecule has 8 aromatic carbocycles. The molecule has 0 saturated carbocycles. The first-order valence-corrected chi connectivity index (χ1v) is 20.3. The molecule has 3 heteroatoms. The van der Waals surface area contributed by atoms with Crippen LogP contribution in [0.1, 0.15) is 0 Å². The molecule has 9 aromatic rings. The molecule has 0 radical (unpaired) electrons. The molecule has 2 nitrogen and oxygen atoms in total. The summed E-state index contributed by atoms with van der Waals surface area (Å²) in [6, 6.07) is 65.4. The molecule has 1 aliphatic heterocycles. The van der Waals surface area contributed by atoms with Crippen LogP contribution in [-0.4, -0.2) is 18.8 Å². The molecular weight excluding hydrogens is 645 g/mol. The Labute approximate surface area is 305 Å². The van der Waals surface area contributed by atoms with Gasteiger partial charge in [-0.2, -0.15) is 0 Å². The molecule has 0 spiro atoms. The molecule has 10 rings (SSSR count). The molecule has 0 aliphatic carbocycles. The van der Waals surface area contributed by atoms with Crippen molar-refractivity contribution in [2.24, 2.45) is 0 Å². The lowest BCUT2D eigenvalue weighted by molar-refractivity contribution is 1.20. The predicted octanol–water partition coefficient (Wildman–Crippen LogP) is 11.1. The Hall–Kier alpha value is -6.42. The van der Waals surface area contributed by atoms with E-state index in [4.69, 9.17) is 9.97 Å². The molecule has 0 amide bonds. The van der Waals surface area contributed by atoms with Gasteiger partial charge in [-0.1, -0.05) is 176 Å². The average Bonchev–Trinajstić information content (AvgIpc) is 3.53. The highest BCUT2D eigenvalue weighted by atomic mass is 28.3. The lowest BCUT2D eigenvalue weighted by Crippen LogP contribution is -2.37. The molecule has 1 aromatic heterocycles. The number of fused-ring (bicyclic) bond motifs is 8. The first kappa shape index (κ1) is 30.4. The van der Waals surface area contributed by atoms with E-state index < -0.39 is 8.80 Å². The van der Waals surface area contributed by atoms with Crippen molar-refractivity contribution in [2.75, 3.05) is 0 Å². The SMILES string of the molecule is C[SiH]1c2c(-c3ccccc3)nc(-c3cccc(-c4cccc(-c5ccc(-c6ccccc6)cc5)c4)c3)nc2-c2c1c1ccccc1c1ccccc21. The van der Waals surface area contributed by atoms with Crippen LogP contribution in [0.25, 0.3) is 88.8 Å². The van der Waals surface area contributed by atoms with Crippen molar-refractivity contribution in [3.8, 4) is 67.3 Å². The summed E-state index contributed by atoms with van der Waals surface area (Å²) in [4.78, 5) is 11.0. The van der Waals surface area contributed by atoms with Gasteiger partial charge in [0.25, 0.3) is 0 Å². The van der Waals surface area contributed by atoms with Crippen LogP contribution in [0.3, 0.4) is 0 Å². The first-order chi connectivity index (χ1) is 25.7. The van der Waals surface area contributed by atoms with Gasteiger partial charge in [-0.3, -0.25) is 0 Å². The van der Waals surface area contributed by atoms with Crippen molar-refractivity contribution in [2.45, 2.75) is 6.55 Å². The summed E-state index contributed by atoms with van der Waals surface area (Å²) >= 11 is 0. The summed E-state index contributed by atoms with van der Waals surface area (Å²) in [5.74, 6) is 0.762. The Morgan fingerprint density at radius 3 is 1.40 bits per heavy atom. The average molecular weight is 679 g/mol. The Morgan fingerprint density at radius 1 is 0.327 bits per heavy atom. The van der Waals surface area contributed by atoms with Gasteiger partial charge >= 0.3 is 0 Å². The lowest BCUT2D eigenvalue weighted by Gasteiger charge is -2.14. The fourth-order valence-electron chi connectivity index (χ4n) is 8.24. The summed E-state index contributed by atoms with van der Waals surface area (Å²) in [5, 5.41) is 8.05. The molecule has 0 N–H and O–H groups in total. The van der Waals surface area contributed by atoms with Gasteiger partial charge in [0.2, 0.25) is 0 Å². The van der Waals surface area contributed by atoms with Gasteiger partial charge in [-0.25, -0.2) is 9.97 Å². The van der Waals surface area contributed by atoms with Crippen LogP contribution in [0, 0.1) is 0 Å². The van der Waals surface area contributed by atoms with Gasteiger partial charge in [0.1, 0.15) is 8.80 Å². The third kappa shape index (κ3) is 5.01. The van der Waals surface area contributed by atoms with Gasteiger partial charge in [-0.15, -0.1) is 0 Å². The zero-order chi connectivity index (χ0) is 34.6. The maximum absolute atomic E-state index is 5.52. The van der Waals surface area contributed by atoms with E-state index in [9.17, 15) is 0 Å². The van der Waals surface area contributed by atoms with Crippen molar-refractivity contribution in [3.05, 3.63) is 182 Å². The van der Waals surface area contributed by atoms with E-state index in [1.165, 1.54) is 65.3 Å². The van der Waals surface area contributed by atoms with Crippen molar-refractivity contribution in [1.29, 1.82) is 0 Å². The van der Waals surface area contributed by atoms with E-state index in [2.05, 4.69) is 189 Å². The molecule has 1 atom stereocenters. The fourth-order valence-corrected chi connectivity index (χ4v) is 11.2. The number of rotatable bonds is 5. The summed E-state index contributed by atoms with van der Waals surface area (Å²) < 4.78 is 0. The Morgan fingerprint density at radius 2 is 0.750 bits per heavy atom. The van der Waals surface area contributed by atoms with Gasteiger partial charge in [0, 0.05) is 16.7 Å². The largest absolute Gasteiger partial charge is 0.228 e. The van der Waals surface area contributed by atoms with Crippen LogP contribution in [0.5, 0.6) is 0 Å². The predicted molar refractivity (Wildman–Crippen MR) is 222 cm³/mol.